The Balaban J connectivity index is 1.53. The van der Waals surface area contributed by atoms with Crippen LogP contribution < -0.4 is 0 Å². The summed E-state index contributed by atoms with van der Waals surface area (Å²) in [5, 5.41) is 4.74. The van der Waals surface area contributed by atoms with Gasteiger partial charge in [0.1, 0.15) is 11.2 Å². The summed E-state index contributed by atoms with van der Waals surface area (Å²) >= 11 is 0. The second-order valence-corrected chi connectivity index (χ2v) is 10.5. The van der Waals surface area contributed by atoms with E-state index in [-0.39, 0.29) is 0 Å². The van der Waals surface area contributed by atoms with Crippen molar-refractivity contribution in [2.45, 2.75) is 45.4 Å². The number of aryl methyl sites for hydroxylation is 2. The lowest BCUT2D eigenvalue weighted by atomic mass is 9.92. The number of pyridine rings is 1. The second kappa shape index (κ2) is 8.34. The molecule has 0 saturated heterocycles. The van der Waals surface area contributed by atoms with E-state index in [0.29, 0.717) is 5.92 Å². The molecule has 2 heterocycles. The highest BCUT2D eigenvalue weighted by Gasteiger charge is 2.20. The summed E-state index contributed by atoms with van der Waals surface area (Å²) in [7, 11) is 0. The van der Waals surface area contributed by atoms with Gasteiger partial charge in [-0.2, -0.15) is 0 Å². The van der Waals surface area contributed by atoms with Crippen molar-refractivity contribution in [1.82, 2.24) is 4.98 Å². The van der Waals surface area contributed by atoms with Gasteiger partial charge in [0.25, 0.3) is 0 Å². The molecule has 0 spiro atoms. The van der Waals surface area contributed by atoms with Crippen LogP contribution in [0.2, 0.25) is 0 Å². The SMILES string of the molecule is Cc1ccc(-c2cc3cc(C4CCCC4)ccc3c(-c3cc(C)cc4c3oc3ccccc34)n2)cc1. The minimum absolute atomic E-state index is 0.676. The van der Waals surface area contributed by atoms with Crippen molar-refractivity contribution in [3.8, 4) is 22.5 Å². The van der Waals surface area contributed by atoms with E-state index in [4.69, 9.17) is 9.40 Å². The van der Waals surface area contributed by atoms with Gasteiger partial charge in [-0.15, -0.1) is 0 Å². The molecule has 6 aromatic rings. The molecule has 1 fully saturated rings. The quantitative estimate of drug-likeness (QED) is 0.259. The van der Waals surface area contributed by atoms with Gasteiger partial charge in [0, 0.05) is 27.3 Å². The molecule has 4 aromatic carbocycles. The van der Waals surface area contributed by atoms with E-state index in [9.17, 15) is 0 Å². The van der Waals surface area contributed by atoms with Crippen LogP contribution in [0.4, 0.5) is 0 Å². The highest BCUT2D eigenvalue weighted by atomic mass is 16.3. The second-order valence-electron chi connectivity index (χ2n) is 10.5. The Morgan fingerprint density at radius 1 is 0.722 bits per heavy atom. The van der Waals surface area contributed by atoms with Gasteiger partial charge < -0.3 is 4.42 Å². The van der Waals surface area contributed by atoms with Crippen molar-refractivity contribution in [1.29, 1.82) is 0 Å². The minimum Gasteiger partial charge on any atom is -0.455 e. The van der Waals surface area contributed by atoms with E-state index in [1.54, 1.807) is 0 Å². The van der Waals surface area contributed by atoms with E-state index in [1.807, 2.05) is 6.07 Å². The van der Waals surface area contributed by atoms with Gasteiger partial charge in [-0.05, 0) is 73.4 Å². The zero-order valence-corrected chi connectivity index (χ0v) is 20.8. The summed E-state index contributed by atoms with van der Waals surface area (Å²) in [5.74, 6) is 0.676. The molecule has 0 radical (unpaired) electrons. The first-order valence-corrected chi connectivity index (χ1v) is 13.1. The number of fused-ring (bicyclic) bond motifs is 4. The fraction of sp³-hybridized carbons (Fsp3) is 0.206. The number of para-hydroxylation sites is 1. The summed E-state index contributed by atoms with van der Waals surface area (Å²) < 4.78 is 6.47. The molecule has 2 nitrogen and oxygen atoms in total. The van der Waals surface area contributed by atoms with Crippen LogP contribution in [0.25, 0.3) is 55.2 Å². The number of aromatic nitrogens is 1. The van der Waals surface area contributed by atoms with Crippen molar-refractivity contribution in [3.05, 3.63) is 102 Å². The smallest absolute Gasteiger partial charge is 0.144 e. The van der Waals surface area contributed by atoms with Crippen LogP contribution in [0, 0.1) is 13.8 Å². The number of rotatable bonds is 3. The van der Waals surface area contributed by atoms with Crippen LogP contribution in [-0.4, -0.2) is 4.98 Å². The van der Waals surface area contributed by atoms with Gasteiger partial charge in [0.15, 0.2) is 0 Å². The zero-order valence-electron chi connectivity index (χ0n) is 20.8. The maximum atomic E-state index is 6.47. The fourth-order valence-corrected chi connectivity index (χ4v) is 6.01. The van der Waals surface area contributed by atoms with E-state index < -0.39 is 0 Å². The van der Waals surface area contributed by atoms with Crippen LogP contribution in [-0.2, 0) is 0 Å². The lowest BCUT2D eigenvalue weighted by Crippen LogP contribution is -1.96. The van der Waals surface area contributed by atoms with Gasteiger partial charge in [-0.3, -0.25) is 0 Å². The molecule has 0 N–H and O–H groups in total. The summed E-state index contributed by atoms with van der Waals surface area (Å²) in [6, 6.07) is 30.8. The van der Waals surface area contributed by atoms with Gasteiger partial charge >= 0.3 is 0 Å². The third-order valence-corrected chi connectivity index (χ3v) is 7.91. The van der Waals surface area contributed by atoms with Crippen molar-refractivity contribution >= 4 is 32.7 Å². The first-order valence-electron chi connectivity index (χ1n) is 13.1. The van der Waals surface area contributed by atoms with Gasteiger partial charge in [-0.25, -0.2) is 4.98 Å². The Morgan fingerprint density at radius 3 is 2.36 bits per heavy atom. The van der Waals surface area contributed by atoms with Crippen molar-refractivity contribution in [2.24, 2.45) is 0 Å². The number of furan rings is 1. The number of benzene rings is 4. The first-order chi connectivity index (χ1) is 17.6. The lowest BCUT2D eigenvalue weighted by molar-refractivity contribution is 0.670. The van der Waals surface area contributed by atoms with Crippen LogP contribution in [0.3, 0.4) is 0 Å². The Labute approximate surface area is 211 Å². The molecule has 0 bridgehead atoms. The van der Waals surface area contributed by atoms with E-state index >= 15 is 0 Å². The van der Waals surface area contributed by atoms with Crippen LogP contribution in [0.15, 0.2) is 89.3 Å². The Kier molecular flexibility index (Phi) is 4.95. The third kappa shape index (κ3) is 3.52. The van der Waals surface area contributed by atoms with Crippen molar-refractivity contribution in [2.75, 3.05) is 0 Å². The predicted octanol–water partition coefficient (Wildman–Crippen LogP) is 9.74. The first kappa shape index (κ1) is 21.4. The molecule has 1 aliphatic rings. The normalized spacial score (nSPS) is 14.4. The maximum absolute atomic E-state index is 6.47. The molecule has 2 aromatic heterocycles. The molecule has 176 valence electrons. The average molecular weight is 468 g/mol. The largest absolute Gasteiger partial charge is 0.455 e. The Bertz CT molecular complexity index is 1750. The third-order valence-electron chi connectivity index (χ3n) is 7.91. The van der Waals surface area contributed by atoms with E-state index in [1.165, 1.54) is 53.1 Å². The number of nitrogens with zero attached hydrogens (tertiary/aromatic N) is 1. The number of hydrogen-bond donors (Lipinski definition) is 0. The maximum Gasteiger partial charge on any atom is 0.144 e. The van der Waals surface area contributed by atoms with Gasteiger partial charge in [0.2, 0.25) is 0 Å². The Morgan fingerprint density at radius 2 is 1.53 bits per heavy atom. The van der Waals surface area contributed by atoms with Crippen LogP contribution in [0.5, 0.6) is 0 Å². The average Bonchev–Trinajstić information content (AvgIpc) is 3.56. The van der Waals surface area contributed by atoms with Crippen molar-refractivity contribution < 1.29 is 4.42 Å². The molecular weight excluding hydrogens is 438 g/mol. The summed E-state index contributed by atoms with van der Waals surface area (Å²) in [6.45, 7) is 4.29. The fourth-order valence-electron chi connectivity index (χ4n) is 6.01. The summed E-state index contributed by atoms with van der Waals surface area (Å²) in [5.41, 5.74) is 9.97. The molecule has 0 amide bonds. The standard InChI is InChI=1S/C34H29NO/c1-21-11-13-24(14-12-21)31-20-26-19-25(23-7-3-4-8-23)15-16-27(26)33(35-31)30-18-22(2)17-29-28-9-5-6-10-32(28)36-34(29)30/h5-6,9-20,23H,3-4,7-8H2,1-2H3. The highest BCUT2D eigenvalue weighted by molar-refractivity contribution is 6.12. The molecule has 1 aliphatic carbocycles. The summed E-state index contributed by atoms with van der Waals surface area (Å²) in [6.07, 6.45) is 5.27. The highest BCUT2D eigenvalue weighted by Crippen LogP contribution is 2.41. The van der Waals surface area contributed by atoms with E-state index in [2.05, 4.69) is 92.7 Å². The van der Waals surface area contributed by atoms with Gasteiger partial charge in [-0.1, -0.05) is 79.1 Å². The predicted molar refractivity (Wildman–Crippen MR) is 151 cm³/mol. The van der Waals surface area contributed by atoms with E-state index in [0.717, 1.165) is 44.5 Å². The van der Waals surface area contributed by atoms with Gasteiger partial charge in [0.05, 0.1) is 11.4 Å². The minimum atomic E-state index is 0.676. The molecule has 2 heteroatoms. The molecule has 36 heavy (non-hydrogen) atoms. The molecule has 7 rings (SSSR count). The number of hydrogen-bond acceptors (Lipinski definition) is 2. The molecule has 1 saturated carbocycles. The summed E-state index contributed by atoms with van der Waals surface area (Å²) in [4.78, 5) is 5.30. The van der Waals surface area contributed by atoms with Crippen molar-refractivity contribution in [3.63, 3.8) is 0 Å². The molecule has 0 atom stereocenters. The lowest BCUT2D eigenvalue weighted by Gasteiger charge is -2.15. The molecule has 0 aliphatic heterocycles. The van der Waals surface area contributed by atoms with Crippen LogP contribution >= 0.6 is 0 Å². The Hall–Kier alpha value is -3.91. The monoisotopic (exact) mass is 467 g/mol. The molecular formula is C34H29NO. The topological polar surface area (TPSA) is 26.0 Å². The van der Waals surface area contributed by atoms with Crippen LogP contribution in [0.1, 0.15) is 48.3 Å². The molecule has 0 unspecified atom stereocenters. The zero-order chi connectivity index (χ0) is 24.2.